The summed E-state index contributed by atoms with van der Waals surface area (Å²) in [5.74, 6) is -1.52. The van der Waals surface area contributed by atoms with Gasteiger partial charge in [0.2, 0.25) is 0 Å². The lowest BCUT2D eigenvalue weighted by molar-refractivity contribution is -0.137. The average molecular weight is 416 g/mol. The van der Waals surface area contributed by atoms with Gasteiger partial charge in [0, 0.05) is 0 Å². The third kappa shape index (κ3) is 4.53. The fourth-order valence-corrected chi connectivity index (χ4v) is 3.54. The Bertz CT molecular complexity index is 1050. The first kappa shape index (κ1) is 21.6. The summed E-state index contributed by atoms with van der Waals surface area (Å²) >= 11 is 0. The number of halogens is 4. The molecule has 2 nitrogen and oxygen atoms in total. The van der Waals surface area contributed by atoms with Gasteiger partial charge in [-0.1, -0.05) is 44.2 Å². The molecule has 0 saturated carbocycles. The monoisotopic (exact) mass is 416 g/mol. The van der Waals surface area contributed by atoms with Crippen LogP contribution in [0.2, 0.25) is 0 Å². The number of alkyl halides is 3. The lowest BCUT2D eigenvalue weighted by Crippen LogP contribution is -2.08. The van der Waals surface area contributed by atoms with E-state index in [4.69, 9.17) is 0 Å². The van der Waals surface area contributed by atoms with Gasteiger partial charge in [-0.25, -0.2) is 9.18 Å². The third-order valence-electron chi connectivity index (χ3n) is 5.00. The molecule has 0 aliphatic heterocycles. The molecule has 0 spiro atoms. The van der Waals surface area contributed by atoms with Gasteiger partial charge in [-0.15, -0.1) is 0 Å². The van der Waals surface area contributed by atoms with Gasteiger partial charge in [0.25, 0.3) is 0 Å². The topological polar surface area (TPSA) is 37.3 Å². The van der Waals surface area contributed by atoms with E-state index in [1.807, 2.05) is 13.8 Å². The highest BCUT2D eigenvalue weighted by Gasteiger charge is 2.30. The largest absolute Gasteiger partial charge is 0.478 e. The van der Waals surface area contributed by atoms with Crippen molar-refractivity contribution in [3.05, 3.63) is 94.3 Å². The van der Waals surface area contributed by atoms with Crippen LogP contribution in [0.3, 0.4) is 0 Å². The molecule has 156 valence electrons. The molecular weight excluding hydrogens is 396 g/mol. The molecule has 0 aliphatic rings. The summed E-state index contributed by atoms with van der Waals surface area (Å²) in [5.41, 5.74) is 2.53. The van der Waals surface area contributed by atoms with Gasteiger partial charge in [0.05, 0.1) is 11.1 Å². The lowest BCUT2D eigenvalue weighted by atomic mass is 9.84. The Balaban J connectivity index is 2.19. The van der Waals surface area contributed by atoms with Gasteiger partial charge < -0.3 is 5.11 Å². The Morgan fingerprint density at radius 1 is 0.933 bits per heavy atom. The number of carbonyl (C=O) groups is 1. The molecule has 0 bridgehead atoms. The van der Waals surface area contributed by atoms with Crippen LogP contribution in [0.1, 0.15) is 52.4 Å². The van der Waals surface area contributed by atoms with Crippen LogP contribution in [0.25, 0.3) is 11.1 Å². The predicted octanol–water partition coefficient (Wildman–Crippen LogP) is 6.92. The van der Waals surface area contributed by atoms with E-state index >= 15 is 0 Å². The van der Waals surface area contributed by atoms with E-state index in [9.17, 15) is 27.5 Å². The molecule has 0 saturated heterocycles. The highest BCUT2D eigenvalue weighted by molar-refractivity contribution is 5.97. The maximum Gasteiger partial charge on any atom is 0.416 e. The highest BCUT2D eigenvalue weighted by Crippen LogP contribution is 2.36. The molecule has 0 aliphatic carbocycles. The maximum absolute atomic E-state index is 13.4. The maximum atomic E-state index is 13.4. The van der Waals surface area contributed by atoms with E-state index < -0.39 is 23.5 Å². The minimum Gasteiger partial charge on any atom is -0.478 e. The van der Waals surface area contributed by atoms with Crippen LogP contribution in [-0.4, -0.2) is 11.1 Å². The number of carboxylic acid groups (broad SMARTS) is 1. The number of carboxylic acids is 1. The van der Waals surface area contributed by atoms with Crippen molar-refractivity contribution in [3.63, 3.8) is 0 Å². The van der Waals surface area contributed by atoms with Gasteiger partial charge in [0.1, 0.15) is 5.82 Å². The van der Waals surface area contributed by atoms with Crippen LogP contribution in [-0.2, 0) is 12.6 Å². The molecule has 0 amide bonds. The first-order valence-corrected chi connectivity index (χ1v) is 9.39. The van der Waals surface area contributed by atoms with E-state index in [1.54, 1.807) is 6.07 Å². The minimum atomic E-state index is -4.43. The van der Waals surface area contributed by atoms with Crippen molar-refractivity contribution < 1.29 is 27.5 Å². The molecule has 3 aromatic rings. The van der Waals surface area contributed by atoms with Gasteiger partial charge >= 0.3 is 12.1 Å². The Hall–Kier alpha value is -3.15. The number of benzene rings is 3. The third-order valence-corrected chi connectivity index (χ3v) is 5.00. The number of hydrogen-bond acceptors (Lipinski definition) is 1. The Morgan fingerprint density at radius 2 is 1.53 bits per heavy atom. The molecule has 0 fully saturated rings. The van der Waals surface area contributed by atoms with Crippen molar-refractivity contribution in [3.8, 4) is 11.1 Å². The predicted molar refractivity (Wildman–Crippen MR) is 107 cm³/mol. The molecule has 6 heteroatoms. The molecular formula is C24H20F4O2. The van der Waals surface area contributed by atoms with Gasteiger partial charge in [0.15, 0.2) is 0 Å². The summed E-state index contributed by atoms with van der Waals surface area (Å²) in [7, 11) is 0. The molecule has 3 aromatic carbocycles. The summed E-state index contributed by atoms with van der Waals surface area (Å²) in [5, 5.41) is 9.73. The summed E-state index contributed by atoms with van der Waals surface area (Å²) in [6.45, 7) is 3.92. The number of hydrogen-bond donors (Lipinski definition) is 1. The van der Waals surface area contributed by atoms with Crippen molar-refractivity contribution in [2.45, 2.75) is 32.4 Å². The van der Waals surface area contributed by atoms with Crippen LogP contribution in [0, 0.1) is 5.82 Å². The molecule has 0 radical (unpaired) electrons. The second-order valence-electron chi connectivity index (χ2n) is 7.39. The molecule has 1 N–H and O–H groups in total. The van der Waals surface area contributed by atoms with Crippen LogP contribution < -0.4 is 0 Å². The van der Waals surface area contributed by atoms with Crippen LogP contribution in [0.15, 0.2) is 60.7 Å². The van der Waals surface area contributed by atoms with Gasteiger partial charge in [-0.2, -0.15) is 13.2 Å². The zero-order chi connectivity index (χ0) is 22.1. The van der Waals surface area contributed by atoms with Crippen molar-refractivity contribution >= 4 is 5.97 Å². The van der Waals surface area contributed by atoms with E-state index in [2.05, 4.69) is 0 Å². The van der Waals surface area contributed by atoms with E-state index in [0.29, 0.717) is 22.3 Å². The average Bonchev–Trinajstić information content (AvgIpc) is 2.68. The number of rotatable bonds is 5. The quantitative estimate of drug-likeness (QED) is 0.458. The standard InChI is InChI=1S/C24H20F4O2/c1-14(2)19-11-12-20(23(29)30)22(16-5-9-18(25)10-6-16)21(19)13-15-3-7-17(8-4-15)24(26,27)28/h3-12,14H,13H2,1-2H3,(H,29,30). The molecule has 0 unspecified atom stereocenters. The summed E-state index contributed by atoms with van der Waals surface area (Å²) in [4.78, 5) is 11.9. The Kier molecular flexibility index (Phi) is 5.97. The van der Waals surface area contributed by atoms with Crippen molar-refractivity contribution in [2.24, 2.45) is 0 Å². The van der Waals surface area contributed by atoms with Gasteiger partial charge in [-0.05, 0) is 70.5 Å². The van der Waals surface area contributed by atoms with E-state index in [0.717, 1.165) is 17.7 Å². The van der Waals surface area contributed by atoms with Crippen molar-refractivity contribution in [1.82, 2.24) is 0 Å². The Morgan fingerprint density at radius 3 is 2.03 bits per heavy atom. The first-order valence-electron chi connectivity index (χ1n) is 9.39. The molecule has 0 atom stereocenters. The van der Waals surface area contributed by atoms with Crippen LogP contribution >= 0.6 is 0 Å². The highest BCUT2D eigenvalue weighted by atomic mass is 19.4. The molecule has 30 heavy (non-hydrogen) atoms. The normalized spacial score (nSPS) is 11.7. The van der Waals surface area contributed by atoms with Crippen LogP contribution in [0.5, 0.6) is 0 Å². The van der Waals surface area contributed by atoms with Crippen LogP contribution in [0.4, 0.5) is 17.6 Å². The smallest absolute Gasteiger partial charge is 0.416 e. The Labute approximate surface area is 171 Å². The molecule has 3 rings (SSSR count). The zero-order valence-electron chi connectivity index (χ0n) is 16.4. The minimum absolute atomic E-state index is 0.0523. The summed E-state index contributed by atoms with van der Waals surface area (Å²) in [6, 6.07) is 13.6. The van der Waals surface area contributed by atoms with E-state index in [-0.39, 0.29) is 17.9 Å². The van der Waals surface area contributed by atoms with Gasteiger partial charge in [-0.3, -0.25) is 0 Å². The molecule has 0 aromatic heterocycles. The van der Waals surface area contributed by atoms with Crippen molar-refractivity contribution in [2.75, 3.05) is 0 Å². The fraction of sp³-hybridized carbons (Fsp3) is 0.208. The fourth-order valence-electron chi connectivity index (χ4n) is 3.54. The first-order chi connectivity index (χ1) is 14.1. The number of aromatic carboxylic acids is 1. The SMILES string of the molecule is CC(C)c1ccc(C(=O)O)c(-c2ccc(F)cc2)c1Cc1ccc(C(F)(F)F)cc1. The van der Waals surface area contributed by atoms with Crippen molar-refractivity contribution in [1.29, 1.82) is 0 Å². The lowest BCUT2D eigenvalue weighted by Gasteiger charge is -2.20. The zero-order valence-corrected chi connectivity index (χ0v) is 16.4. The molecule has 0 heterocycles. The summed E-state index contributed by atoms with van der Waals surface area (Å²) in [6.07, 6.45) is -4.18. The van der Waals surface area contributed by atoms with E-state index in [1.165, 1.54) is 42.5 Å². The second kappa shape index (κ2) is 8.30. The summed E-state index contributed by atoms with van der Waals surface area (Å²) < 4.78 is 52.1. The second-order valence-corrected chi connectivity index (χ2v) is 7.39.